The molecule has 0 spiro atoms. The van der Waals surface area contributed by atoms with Gasteiger partial charge in [-0.05, 0) is 29.8 Å². The van der Waals surface area contributed by atoms with E-state index in [1.54, 1.807) is 25.2 Å². The van der Waals surface area contributed by atoms with Crippen molar-refractivity contribution in [3.8, 4) is 11.5 Å². The maximum atomic E-state index is 12.5. The Hall–Kier alpha value is -2.49. The molecule has 0 unspecified atom stereocenters. The third-order valence-electron chi connectivity index (χ3n) is 3.48. The molecule has 0 radical (unpaired) electrons. The molecule has 1 aliphatic heterocycles. The van der Waals surface area contributed by atoms with Crippen molar-refractivity contribution in [3.05, 3.63) is 53.6 Å². The van der Waals surface area contributed by atoms with Gasteiger partial charge in [0.05, 0.1) is 20.8 Å². The number of amides is 1. The van der Waals surface area contributed by atoms with E-state index in [0.717, 1.165) is 11.3 Å². The number of methoxy groups -OCH3 is 2. The topological polar surface area (TPSA) is 38.8 Å². The van der Waals surface area contributed by atoms with Crippen LogP contribution in [0.5, 0.6) is 11.5 Å². The van der Waals surface area contributed by atoms with E-state index in [4.69, 9.17) is 9.47 Å². The number of benzene rings is 2. The molecule has 0 bridgehead atoms. The maximum absolute atomic E-state index is 12.5. The predicted molar refractivity (Wildman–Crippen MR) is 76.5 cm³/mol. The third kappa shape index (κ3) is 1.90. The lowest BCUT2D eigenvalue weighted by molar-refractivity contribution is 0.0996. The molecule has 1 heterocycles. The first-order valence-electron chi connectivity index (χ1n) is 6.36. The van der Waals surface area contributed by atoms with Crippen molar-refractivity contribution < 1.29 is 14.3 Å². The predicted octanol–water partition coefficient (Wildman–Crippen LogP) is 2.86. The van der Waals surface area contributed by atoms with Crippen molar-refractivity contribution in [3.63, 3.8) is 0 Å². The maximum Gasteiger partial charge on any atom is 0.259 e. The minimum atomic E-state index is -0.00727. The van der Waals surface area contributed by atoms with Gasteiger partial charge in [-0.2, -0.15) is 0 Å². The fraction of sp³-hybridized carbons (Fsp3) is 0.188. The Balaban J connectivity index is 2.02. The van der Waals surface area contributed by atoms with Crippen molar-refractivity contribution in [1.29, 1.82) is 0 Å². The van der Waals surface area contributed by atoms with Crippen LogP contribution in [0.15, 0.2) is 42.5 Å². The first kappa shape index (κ1) is 12.5. The second-order valence-corrected chi connectivity index (χ2v) is 4.59. The Labute approximate surface area is 117 Å². The Morgan fingerprint density at radius 2 is 1.65 bits per heavy atom. The zero-order valence-corrected chi connectivity index (χ0v) is 11.4. The van der Waals surface area contributed by atoms with Crippen LogP contribution in [-0.4, -0.2) is 20.1 Å². The van der Waals surface area contributed by atoms with Crippen LogP contribution in [0.4, 0.5) is 5.69 Å². The second kappa shape index (κ2) is 4.89. The zero-order valence-electron chi connectivity index (χ0n) is 11.4. The molecular formula is C16H15NO3. The van der Waals surface area contributed by atoms with E-state index >= 15 is 0 Å². The summed E-state index contributed by atoms with van der Waals surface area (Å²) in [6.07, 6.45) is 0. The number of carbonyl (C=O) groups is 1. The van der Waals surface area contributed by atoms with Gasteiger partial charge in [0, 0.05) is 11.3 Å². The van der Waals surface area contributed by atoms with Gasteiger partial charge in [-0.1, -0.05) is 18.2 Å². The van der Waals surface area contributed by atoms with Crippen LogP contribution in [0.2, 0.25) is 0 Å². The van der Waals surface area contributed by atoms with Crippen LogP contribution < -0.4 is 14.4 Å². The van der Waals surface area contributed by atoms with Crippen LogP contribution >= 0.6 is 0 Å². The number of hydrogen-bond acceptors (Lipinski definition) is 3. The molecule has 0 saturated carbocycles. The zero-order chi connectivity index (χ0) is 14.1. The van der Waals surface area contributed by atoms with Gasteiger partial charge in [0.25, 0.3) is 5.91 Å². The van der Waals surface area contributed by atoms with Gasteiger partial charge < -0.3 is 14.4 Å². The molecule has 20 heavy (non-hydrogen) atoms. The summed E-state index contributed by atoms with van der Waals surface area (Å²) in [5.41, 5.74) is 2.52. The monoisotopic (exact) mass is 269 g/mol. The van der Waals surface area contributed by atoms with Crippen molar-refractivity contribution in [2.24, 2.45) is 0 Å². The SMILES string of the molecule is COc1cc2c(cc1OC)C(=O)N(c1ccccc1)C2. The number of para-hydroxylation sites is 1. The first-order valence-corrected chi connectivity index (χ1v) is 6.36. The Bertz CT molecular complexity index is 652. The Kier molecular flexibility index (Phi) is 3.06. The fourth-order valence-corrected chi connectivity index (χ4v) is 2.46. The molecule has 0 atom stereocenters. The summed E-state index contributed by atoms with van der Waals surface area (Å²) in [4.78, 5) is 14.2. The van der Waals surface area contributed by atoms with Crippen molar-refractivity contribution >= 4 is 11.6 Å². The molecule has 4 heteroatoms. The molecule has 0 fully saturated rings. The number of nitrogens with zero attached hydrogens (tertiary/aromatic N) is 1. The summed E-state index contributed by atoms with van der Waals surface area (Å²) in [6.45, 7) is 0.554. The molecule has 0 aromatic heterocycles. The molecule has 2 aromatic rings. The van der Waals surface area contributed by atoms with E-state index < -0.39 is 0 Å². The van der Waals surface area contributed by atoms with E-state index in [2.05, 4.69) is 0 Å². The number of rotatable bonds is 3. The smallest absolute Gasteiger partial charge is 0.259 e. The third-order valence-corrected chi connectivity index (χ3v) is 3.48. The number of fused-ring (bicyclic) bond motifs is 1. The van der Waals surface area contributed by atoms with E-state index in [9.17, 15) is 4.79 Å². The highest BCUT2D eigenvalue weighted by atomic mass is 16.5. The summed E-state index contributed by atoms with van der Waals surface area (Å²) in [7, 11) is 3.16. The van der Waals surface area contributed by atoms with Crippen LogP contribution in [0.3, 0.4) is 0 Å². The van der Waals surface area contributed by atoms with Crippen LogP contribution in [0.25, 0.3) is 0 Å². The van der Waals surface area contributed by atoms with Crippen LogP contribution in [0.1, 0.15) is 15.9 Å². The number of ether oxygens (including phenoxy) is 2. The normalized spacial score (nSPS) is 13.3. The van der Waals surface area contributed by atoms with E-state index in [1.807, 2.05) is 36.4 Å². The second-order valence-electron chi connectivity index (χ2n) is 4.59. The van der Waals surface area contributed by atoms with Gasteiger partial charge in [0.2, 0.25) is 0 Å². The summed E-state index contributed by atoms with van der Waals surface area (Å²) in [5.74, 6) is 1.22. The fourth-order valence-electron chi connectivity index (χ4n) is 2.46. The average Bonchev–Trinajstić information content (AvgIpc) is 2.83. The summed E-state index contributed by atoms with van der Waals surface area (Å²) in [6, 6.07) is 13.3. The summed E-state index contributed by atoms with van der Waals surface area (Å²) in [5, 5.41) is 0. The van der Waals surface area contributed by atoms with E-state index in [0.29, 0.717) is 23.6 Å². The van der Waals surface area contributed by atoms with Gasteiger partial charge >= 0.3 is 0 Å². The lowest BCUT2D eigenvalue weighted by Crippen LogP contribution is -2.22. The molecule has 0 N–H and O–H groups in total. The first-order chi connectivity index (χ1) is 9.74. The van der Waals surface area contributed by atoms with Gasteiger partial charge in [0.1, 0.15) is 0 Å². The highest BCUT2D eigenvalue weighted by Crippen LogP contribution is 2.36. The van der Waals surface area contributed by atoms with Crippen molar-refractivity contribution in [2.75, 3.05) is 19.1 Å². The van der Waals surface area contributed by atoms with Crippen LogP contribution in [0, 0.1) is 0 Å². The molecule has 102 valence electrons. The molecule has 0 saturated heterocycles. The Morgan fingerprint density at radius 1 is 1.00 bits per heavy atom. The minimum Gasteiger partial charge on any atom is -0.493 e. The molecular weight excluding hydrogens is 254 g/mol. The molecule has 3 rings (SSSR count). The lowest BCUT2D eigenvalue weighted by Gasteiger charge is -2.15. The van der Waals surface area contributed by atoms with Crippen molar-refractivity contribution in [1.82, 2.24) is 0 Å². The lowest BCUT2D eigenvalue weighted by atomic mass is 10.1. The standard InChI is InChI=1S/C16H15NO3/c1-19-14-8-11-10-17(12-6-4-3-5-7-12)16(18)13(11)9-15(14)20-2/h3-9H,10H2,1-2H3. The number of carbonyl (C=O) groups excluding carboxylic acids is 1. The van der Waals surface area contributed by atoms with Gasteiger partial charge in [-0.25, -0.2) is 0 Å². The van der Waals surface area contributed by atoms with Crippen LogP contribution in [-0.2, 0) is 6.54 Å². The quantitative estimate of drug-likeness (QED) is 0.860. The molecule has 1 amide bonds. The molecule has 4 nitrogen and oxygen atoms in total. The molecule has 2 aromatic carbocycles. The van der Waals surface area contributed by atoms with E-state index in [1.165, 1.54) is 0 Å². The van der Waals surface area contributed by atoms with Crippen molar-refractivity contribution in [2.45, 2.75) is 6.54 Å². The largest absolute Gasteiger partial charge is 0.493 e. The molecule has 0 aliphatic carbocycles. The van der Waals surface area contributed by atoms with E-state index in [-0.39, 0.29) is 5.91 Å². The summed E-state index contributed by atoms with van der Waals surface area (Å²) < 4.78 is 10.5. The van der Waals surface area contributed by atoms with Gasteiger partial charge in [-0.15, -0.1) is 0 Å². The summed E-state index contributed by atoms with van der Waals surface area (Å²) >= 11 is 0. The number of hydrogen-bond donors (Lipinski definition) is 0. The number of anilines is 1. The highest BCUT2D eigenvalue weighted by molar-refractivity contribution is 6.10. The highest BCUT2D eigenvalue weighted by Gasteiger charge is 2.30. The van der Waals surface area contributed by atoms with Gasteiger partial charge in [0.15, 0.2) is 11.5 Å². The minimum absolute atomic E-state index is 0.00727. The van der Waals surface area contributed by atoms with Gasteiger partial charge in [-0.3, -0.25) is 4.79 Å². The molecule has 1 aliphatic rings. The average molecular weight is 269 g/mol. The Morgan fingerprint density at radius 3 is 2.30 bits per heavy atom.